The minimum atomic E-state index is -0.428. The van der Waals surface area contributed by atoms with Crippen LogP contribution in [0, 0.1) is 0 Å². The van der Waals surface area contributed by atoms with E-state index < -0.39 is 6.03 Å². The van der Waals surface area contributed by atoms with E-state index in [1.165, 1.54) is 30.6 Å². The zero-order valence-corrected chi connectivity index (χ0v) is 14.7. The fraction of sp³-hybridized carbons (Fsp3) is 0.526. The van der Waals surface area contributed by atoms with Crippen LogP contribution in [0.15, 0.2) is 24.3 Å². The van der Waals surface area contributed by atoms with Gasteiger partial charge in [-0.15, -0.1) is 0 Å². The van der Waals surface area contributed by atoms with Crippen LogP contribution in [-0.4, -0.2) is 42.5 Å². The van der Waals surface area contributed by atoms with Gasteiger partial charge in [-0.3, -0.25) is 19.8 Å². The number of carbonyl (C=O) groups is 3. The van der Waals surface area contributed by atoms with Crippen molar-refractivity contribution in [2.24, 2.45) is 0 Å². The molecule has 7 nitrogen and oxygen atoms in total. The van der Waals surface area contributed by atoms with Gasteiger partial charge in [0.25, 0.3) is 5.91 Å². The lowest BCUT2D eigenvalue weighted by atomic mass is 9.85. The maximum atomic E-state index is 12.5. The van der Waals surface area contributed by atoms with E-state index in [4.69, 9.17) is 0 Å². The average Bonchev–Trinajstić information content (AvgIpc) is 3.26. The molecule has 0 radical (unpaired) electrons. The van der Waals surface area contributed by atoms with Gasteiger partial charge in [-0.1, -0.05) is 12.8 Å². The Morgan fingerprint density at radius 3 is 2.27 bits per heavy atom. The second-order valence-corrected chi connectivity index (χ2v) is 7.40. The van der Waals surface area contributed by atoms with Crippen molar-refractivity contribution in [3.63, 3.8) is 0 Å². The Morgan fingerprint density at radius 1 is 1.00 bits per heavy atom. The van der Waals surface area contributed by atoms with Gasteiger partial charge in [-0.2, -0.15) is 0 Å². The van der Waals surface area contributed by atoms with Gasteiger partial charge in [0.2, 0.25) is 5.91 Å². The fourth-order valence-corrected chi connectivity index (χ4v) is 3.96. The summed E-state index contributed by atoms with van der Waals surface area (Å²) in [5.41, 5.74) is 1.17. The fourth-order valence-electron chi connectivity index (χ4n) is 3.96. The molecule has 1 aromatic carbocycles. The monoisotopic (exact) mass is 356 g/mol. The van der Waals surface area contributed by atoms with Gasteiger partial charge in [0.15, 0.2) is 0 Å². The van der Waals surface area contributed by atoms with Crippen LogP contribution in [0.4, 0.5) is 10.5 Å². The summed E-state index contributed by atoms with van der Waals surface area (Å²) in [4.78, 5) is 36.8. The number of anilines is 1. The molecule has 3 N–H and O–H groups in total. The molecule has 3 aliphatic rings. The van der Waals surface area contributed by atoms with E-state index in [1.54, 1.807) is 24.3 Å². The first-order chi connectivity index (χ1) is 12.6. The highest BCUT2D eigenvalue weighted by atomic mass is 16.2. The molecule has 1 heterocycles. The minimum absolute atomic E-state index is 0.0148. The molecule has 0 aromatic heterocycles. The van der Waals surface area contributed by atoms with Gasteiger partial charge < -0.3 is 10.6 Å². The molecule has 26 heavy (non-hydrogen) atoms. The molecule has 2 atom stereocenters. The smallest absolute Gasteiger partial charge is 0.329 e. The molecule has 1 aliphatic heterocycles. The number of carbonyl (C=O) groups excluding carboxylic acids is 3. The number of nitrogens with one attached hydrogen (secondary N) is 3. The van der Waals surface area contributed by atoms with E-state index in [2.05, 4.69) is 16.0 Å². The minimum Gasteiger partial charge on any atom is -0.348 e. The number of benzene rings is 1. The number of imide groups is 1. The molecule has 3 fully saturated rings. The van der Waals surface area contributed by atoms with Gasteiger partial charge >= 0.3 is 6.03 Å². The highest BCUT2D eigenvalue weighted by molar-refractivity contribution is 6.12. The van der Waals surface area contributed by atoms with Crippen LogP contribution in [-0.2, 0) is 4.79 Å². The Hall–Kier alpha value is -2.41. The maximum absolute atomic E-state index is 12.5. The van der Waals surface area contributed by atoms with Gasteiger partial charge in [0, 0.05) is 29.4 Å². The molecule has 1 aromatic rings. The van der Waals surface area contributed by atoms with Crippen molar-refractivity contribution in [2.45, 2.75) is 56.7 Å². The second-order valence-electron chi connectivity index (χ2n) is 7.40. The highest BCUT2D eigenvalue weighted by Gasteiger charge is 2.34. The van der Waals surface area contributed by atoms with Crippen molar-refractivity contribution < 1.29 is 14.4 Å². The SMILES string of the molecule is O=C1CN(c2ccc(C(=O)N[C@H]3CC[C@H]3NC3CCCC3)cc2)C(=O)N1. The van der Waals surface area contributed by atoms with Crippen LogP contribution < -0.4 is 20.9 Å². The quantitative estimate of drug-likeness (QED) is 0.698. The molecule has 2 aliphatic carbocycles. The summed E-state index contributed by atoms with van der Waals surface area (Å²) in [5.74, 6) is -0.413. The number of rotatable bonds is 5. The maximum Gasteiger partial charge on any atom is 0.329 e. The van der Waals surface area contributed by atoms with Crippen molar-refractivity contribution >= 4 is 23.5 Å². The van der Waals surface area contributed by atoms with Crippen molar-refractivity contribution in [2.75, 3.05) is 11.4 Å². The lowest BCUT2D eigenvalue weighted by Crippen LogP contribution is -2.58. The topological polar surface area (TPSA) is 90.5 Å². The summed E-state index contributed by atoms with van der Waals surface area (Å²) in [7, 11) is 0. The molecule has 2 saturated carbocycles. The summed E-state index contributed by atoms with van der Waals surface area (Å²) in [6.07, 6.45) is 7.20. The zero-order valence-electron chi connectivity index (χ0n) is 14.7. The summed E-state index contributed by atoms with van der Waals surface area (Å²) in [5, 5.41) is 9.03. The molecule has 1 saturated heterocycles. The first-order valence-corrected chi connectivity index (χ1v) is 9.38. The Labute approximate surface area is 152 Å². The molecule has 7 heteroatoms. The Bertz CT molecular complexity index is 712. The van der Waals surface area contributed by atoms with Gasteiger partial charge in [0.05, 0.1) is 0 Å². The largest absolute Gasteiger partial charge is 0.348 e. The summed E-state index contributed by atoms with van der Waals surface area (Å²) < 4.78 is 0. The van der Waals surface area contributed by atoms with Gasteiger partial charge in [-0.25, -0.2) is 4.79 Å². The molecule has 0 bridgehead atoms. The number of hydrogen-bond donors (Lipinski definition) is 3. The number of urea groups is 1. The normalized spacial score (nSPS) is 25.9. The van der Waals surface area contributed by atoms with Gasteiger partial charge in [-0.05, 0) is 49.9 Å². The van der Waals surface area contributed by atoms with Crippen LogP contribution in [0.3, 0.4) is 0 Å². The molecule has 4 amide bonds. The second kappa shape index (κ2) is 7.07. The van der Waals surface area contributed by atoms with Crippen molar-refractivity contribution in [3.05, 3.63) is 29.8 Å². The van der Waals surface area contributed by atoms with E-state index in [0.29, 0.717) is 23.3 Å². The number of nitrogens with zero attached hydrogens (tertiary/aromatic N) is 1. The van der Waals surface area contributed by atoms with E-state index >= 15 is 0 Å². The predicted octanol–water partition coefficient (Wildman–Crippen LogP) is 1.54. The molecule has 138 valence electrons. The van der Waals surface area contributed by atoms with E-state index in [9.17, 15) is 14.4 Å². The van der Waals surface area contributed by atoms with E-state index in [1.807, 2.05) is 0 Å². The van der Waals surface area contributed by atoms with Crippen LogP contribution in [0.2, 0.25) is 0 Å². The highest BCUT2D eigenvalue weighted by Crippen LogP contribution is 2.25. The van der Waals surface area contributed by atoms with Crippen molar-refractivity contribution in [3.8, 4) is 0 Å². The third kappa shape index (κ3) is 3.44. The van der Waals surface area contributed by atoms with Crippen LogP contribution in [0.1, 0.15) is 48.9 Å². The number of amides is 4. The molecular weight excluding hydrogens is 332 g/mol. The summed E-state index contributed by atoms with van der Waals surface area (Å²) >= 11 is 0. The first-order valence-electron chi connectivity index (χ1n) is 9.38. The van der Waals surface area contributed by atoms with Crippen LogP contribution in [0.25, 0.3) is 0 Å². The van der Waals surface area contributed by atoms with E-state index in [0.717, 1.165) is 12.8 Å². The average molecular weight is 356 g/mol. The molecule has 4 rings (SSSR count). The van der Waals surface area contributed by atoms with Gasteiger partial charge in [0.1, 0.15) is 6.54 Å². The van der Waals surface area contributed by atoms with Crippen LogP contribution >= 0.6 is 0 Å². The van der Waals surface area contributed by atoms with Crippen molar-refractivity contribution in [1.29, 1.82) is 0 Å². The Balaban J connectivity index is 1.33. The van der Waals surface area contributed by atoms with Crippen molar-refractivity contribution in [1.82, 2.24) is 16.0 Å². The standard InChI is InChI=1S/C19H24N4O3/c24-17-11-23(19(26)22-17)14-7-5-12(6-8-14)18(25)21-16-10-9-15(16)20-13-3-1-2-4-13/h5-8,13,15-16,20H,1-4,9-11H2,(H,21,25)(H,22,24,26)/t15-,16+/m1/s1. The Morgan fingerprint density at radius 2 is 1.69 bits per heavy atom. The molecule has 0 unspecified atom stereocenters. The zero-order chi connectivity index (χ0) is 18.1. The third-order valence-electron chi connectivity index (χ3n) is 5.63. The molecular formula is C19H24N4O3. The summed E-state index contributed by atoms with van der Waals surface area (Å²) in [6.45, 7) is 0.0148. The number of hydrogen-bond acceptors (Lipinski definition) is 4. The summed E-state index contributed by atoms with van der Waals surface area (Å²) in [6, 6.07) is 7.52. The third-order valence-corrected chi connectivity index (χ3v) is 5.63. The lowest BCUT2D eigenvalue weighted by molar-refractivity contribution is -0.117. The van der Waals surface area contributed by atoms with Crippen LogP contribution in [0.5, 0.6) is 0 Å². The lowest BCUT2D eigenvalue weighted by Gasteiger charge is -2.39. The first kappa shape index (κ1) is 17.0. The Kier molecular flexibility index (Phi) is 4.63. The molecule has 0 spiro atoms. The van der Waals surface area contributed by atoms with E-state index in [-0.39, 0.29) is 24.4 Å². The predicted molar refractivity (Wildman–Crippen MR) is 97.0 cm³/mol.